The predicted octanol–water partition coefficient (Wildman–Crippen LogP) is 6.44. The third-order valence-electron chi connectivity index (χ3n) is 6.85. The van der Waals surface area contributed by atoms with Crippen molar-refractivity contribution in [2.24, 2.45) is 11.8 Å². The van der Waals surface area contributed by atoms with Crippen molar-refractivity contribution >= 4 is 11.8 Å². The fraction of sp³-hybridized carbons (Fsp3) is 0.312. The molecular weight excluding hydrogens is 448 g/mol. The summed E-state index contributed by atoms with van der Waals surface area (Å²) < 4.78 is 6.05. The average molecular weight is 483 g/mol. The number of ether oxygens (including phenoxy) is 1. The van der Waals surface area contributed by atoms with Crippen molar-refractivity contribution in [2.45, 2.75) is 51.6 Å². The van der Waals surface area contributed by atoms with Gasteiger partial charge in [0.25, 0.3) is 0 Å². The highest BCUT2D eigenvalue weighted by Crippen LogP contribution is 2.38. The van der Waals surface area contributed by atoms with Crippen molar-refractivity contribution in [1.82, 2.24) is 0 Å². The fourth-order valence-electron chi connectivity index (χ4n) is 5.20. The number of Topliss-reactive ketones (excluding diaryl/α,β-unsaturated/α-hetero) is 1. The molecule has 1 heterocycles. The Morgan fingerprint density at radius 3 is 1.69 bits per heavy atom. The van der Waals surface area contributed by atoms with Crippen molar-refractivity contribution in [3.05, 3.63) is 119 Å². The van der Waals surface area contributed by atoms with Gasteiger partial charge in [0.2, 0.25) is 5.78 Å². The van der Waals surface area contributed by atoms with Crippen LogP contribution in [0, 0.1) is 11.8 Å². The molecule has 3 aromatic carbocycles. The number of hydrogen-bond acceptors (Lipinski definition) is 4. The van der Waals surface area contributed by atoms with Gasteiger partial charge in [0.05, 0.1) is 5.57 Å². The maximum Gasteiger partial charge on any atom is 0.339 e. The van der Waals surface area contributed by atoms with Gasteiger partial charge in [-0.15, -0.1) is 0 Å². The number of benzene rings is 3. The van der Waals surface area contributed by atoms with Crippen LogP contribution in [0.2, 0.25) is 0 Å². The lowest BCUT2D eigenvalue weighted by Gasteiger charge is -2.38. The summed E-state index contributed by atoms with van der Waals surface area (Å²) in [6, 6.07) is 29.5. The first-order valence-electron chi connectivity index (χ1n) is 12.7. The second kappa shape index (κ2) is 11.4. The number of rotatable bonds is 10. The van der Waals surface area contributed by atoms with Crippen LogP contribution in [0.4, 0.5) is 0 Å². The van der Waals surface area contributed by atoms with Crippen LogP contribution in [0.5, 0.6) is 0 Å². The van der Waals surface area contributed by atoms with E-state index in [1.165, 1.54) is 0 Å². The Kier molecular flexibility index (Phi) is 8.04. The number of aliphatic hydroxyl groups is 1. The van der Waals surface area contributed by atoms with E-state index < -0.39 is 29.0 Å². The monoisotopic (exact) mass is 482 g/mol. The lowest BCUT2D eigenvalue weighted by molar-refractivity contribution is -0.170. The van der Waals surface area contributed by atoms with Crippen molar-refractivity contribution in [1.29, 1.82) is 0 Å². The van der Waals surface area contributed by atoms with Gasteiger partial charge in [-0.3, -0.25) is 4.79 Å². The molecule has 186 valence electrons. The van der Waals surface area contributed by atoms with Gasteiger partial charge in [-0.05, 0) is 54.7 Å². The van der Waals surface area contributed by atoms with E-state index in [1.807, 2.05) is 105 Å². The quantitative estimate of drug-likeness (QED) is 0.338. The highest BCUT2D eigenvalue weighted by Gasteiger charge is 2.50. The molecule has 3 aromatic rings. The highest BCUT2D eigenvalue weighted by molar-refractivity contribution is 6.11. The first-order valence-corrected chi connectivity index (χ1v) is 12.7. The SMILES string of the molecule is CC(C)CC1(CCc2ccccc2)OC(=O)C(C(Cc2ccccc2)Cc2ccccc2)=C(O)C1=O. The third-order valence-corrected chi connectivity index (χ3v) is 6.85. The largest absolute Gasteiger partial charge is 0.504 e. The lowest BCUT2D eigenvalue weighted by Crippen LogP contribution is -2.50. The van der Waals surface area contributed by atoms with E-state index in [1.54, 1.807) is 0 Å². The Labute approximate surface area is 213 Å². The number of esters is 1. The Morgan fingerprint density at radius 2 is 1.22 bits per heavy atom. The zero-order chi connectivity index (χ0) is 25.5. The van der Waals surface area contributed by atoms with E-state index in [4.69, 9.17) is 4.74 Å². The molecule has 0 bridgehead atoms. The van der Waals surface area contributed by atoms with Crippen LogP contribution in [0.1, 0.15) is 43.4 Å². The summed E-state index contributed by atoms with van der Waals surface area (Å²) in [6.07, 6.45) is 2.30. The molecule has 4 rings (SSSR count). The second-order valence-corrected chi connectivity index (χ2v) is 10.1. The molecule has 36 heavy (non-hydrogen) atoms. The molecule has 0 saturated heterocycles. The molecule has 0 amide bonds. The van der Waals surface area contributed by atoms with Crippen LogP contribution in [-0.2, 0) is 33.6 Å². The number of hydrogen-bond donors (Lipinski definition) is 1. The molecule has 0 fully saturated rings. The van der Waals surface area contributed by atoms with Crippen molar-refractivity contribution in [2.75, 3.05) is 0 Å². The normalized spacial score (nSPS) is 18.1. The zero-order valence-corrected chi connectivity index (χ0v) is 21.0. The van der Waals surface area contributed by atoms with Crippen molar-refractivity contribution in [3.8, 4) is 0 Å². The summed E-state index contributed by atoms with van der Waals surface area (Å²) in [4.78, 5) is 27.4. The van der Waals surface area contributed by atoms with E-state index in [2.05, 4.69) is 0 Å². The number of cyclic esters (lactones) is 1. The first kappa shape index (κ1) is 25.4. The Bertz CT molecular complexity index is 1160. The summed E-state index contributed by atoms with van der Waals surface area (Å²) in [7, 11) is 0. The lowest BCUT2D eigenvalue weighted by atomic mass is 9.77. The molecule has 1 atom stereocenters. The minimum absolute atomic E-state index is 0.0896. The Morgan fingerprint density at radius 1 is 0.750 bits per heavy atom. The third kappa shape index (κ3) is 5.93. The standard InChI is InChI=1S/C32H34O4/c1-23(2)22-32(19-18-24-12-6-3-7-13-24)30(34)29(33)28(31(35)36-32)27(20-25-14-8-4-9-15-25)21-26-16-10-5-11-17-26/h3-17,23,27,33H,18-22H2,1-2H3. The van der Waals surface area contributed by atoms with Gasteiger partial charge in [-0.25, -0.2) is 4.79 Å². The molecule has 0 aliphatic carbocycles. The van der Waals surface area contributed by atoms with E-state index >= 15 is 0 Å². The molecule has 1 aliphatic heterocycles. The van der Waals surface area contributed by atoms with Crippen molar-refractivity contribution < 1.29 is 19.4 Å². The minimum atomic E-state index is -1.36. The van der Waals surface area contributed by atoms with Crippen LogP contribution < -0.4 is 0 Å². The molecule has 0 aromatic heterocycles. The molecule has 1 N–H and O–H groups in total. The number of aryl methyl sites for hydroxylation is 1. The topological polar surface area (TPSA) is 63.6 Å². The summed E-state index contributed by atoms with van der Waals surface area (Å²) >= 11 is 0. The van der Waals surface area contributed by atoms with Gasteiger partial charge in [0.15, 0.2) is 11.4 Å². The van der Waals surface area contributed by atoms with Gasteiger partial charge >= 0.3 is 5.97 Å². The van der Waals surface area contributed by atoms with E-state index in [0.29, 0.717) is 32.1 Å². The number of carbonyl (C=O) groups is 2. The van der Waals surface area contributed by atoms with Gasteiger partial charge in [0, 0.05) is 5.92 Å². The Balaban J connectivity index is 1.69. The van der Waals surface area contributed by atoms with Gasteiger partial charge in [0.1, 0.15) is 0 Å². The predicted molar refractivity (Wildman–Crippen MR) is 141 cm³/mol. The molecule has 0 radical (unpaired) electrons. The van der Waals surface area contributed by atoms with Gasteiger partial charge < -0.3 is 9.84 Å². The fourth-order valence-corrected chi connectivity index (χ4v) is 5.20. The maximum atomic E-state index is 13.8. The highest BCUT2D eigenvalue weighted by atomic mass is 16.6. The summed E-state index contributed by atoms with van der Waals surface area (Å²) in [5, 5.41) is 11.3. The first-order chi connectivity index (χ1) is 17.4. The van der Waals surface area contributed by atoms with Crippen LogP contribution >= 0.6 is 0 Å². The summed E-state index contributed by atoms with van der Waals surface area (Å²) in [5.41, 5.74) is 1.85. The average Bonchev–Trinajstić information content (AvgIpc) is 2.87. The molecule has 1 unspecified atom stereocenters. The molecule has 0 saturated carbocycles. The molecule has 0 spiro atoms. The van der Waals surface area contributed by atoms with Crippen LogP contribution in [-0.4, -0.2) is 22.5 Å². The van der Waals surface area contributed by atoms with E-state index in [-0.39, 0.29) is 11.5 Å². The number of aliphatic hydroxyl groups excluding tert-OH is 1. The minimum Gasteiger partial charge on any atom is -0.504 e. The molecular formula is C32H34O4. The van der Waals surface area contributed by atoms with E-state index in [0.717, 1.165) is 16.7 Å². The van der Waals surface area contributed by atoms with Gasteiger partial charge in [-0.2, -0.15) is 0 Å². The summed E-state index contributed by atoms with van der Waals surface area (Å²) in [5.74, 6) is -1.78. The zero-order valence-electron chi connectivity index (χ0n) is 21.0. The van der Waals surface area contributed by atoms with Crippen LogP contribution in [0.25, 0.3) is 0 Å². The molecule has 4 nitrogen and oxygen atoms in total. The molecule has 1 aliphatic rings. The molecule has 4 heteroatoms. The van der Waals surface area contributed by atoms with Crippen molar-refractivity contribution in [3.63, 3.8) is 0 Å². The Hall–Kier alpha value is -3.66. The number of ketones is 1. The van der Waals surface area contributed by atoms with Crippen LogP contribution in [0.15, 0.2) is 102 Å². The maximum absolute atomic E-state index is 13.8. The number of carbonyl (C=O) groups excluding carboxylic acids is 2. The summed E-state index contributed by atoms with van der Waals surface area (Å²) in [6.45, 7) is 3.99. The smallest absolute Gasteiger partial charge is 0.339 e. The van der Waals surface area contributed by atoms with Gasteiger partial charge in [-0.1, -0.05) is 105 Å². The van der Waals surface area contributed by atoms with E-state index in [9.17, 15) is 14.7 Å². The van der Waals surface area contributed by atoms with Crippen LogP contribution in [0.3, 0.4) is 0 Å². The second-order valence-electron chi connectivity index (χ2n) is 10.1.